The molecule has 2 aromatic heterocycles. The van der Waals surface area contributed by atoms with Crippen molar-refractivity contribution in [1.29, 1.82) is 0 Å². The van der Waals surface area contributed by atoms with Crippen molar-refractivity contribution in [2.75, 3.05) is 5.32 Å². The van der Waals surface area contributed by atoms with Crippen LogP contribution in [0.5, 0.6) is 5.75 Å². The Labute approximate surface area is 172 Å². The van der Waals surface area contributed by atoms with Crippen LogP contribution in [0.15, 0.2) is 72.4 Å². The van der Waals surface area contributed by atoms with E-state index >= 15 is 0 Å². The van der Waals surface area contributed by atoms with Crippen molar-refractivity contribution < 1.29 is 9.53 Å². The maximum atomic E-state index is 12.5. The Morgan fingerprint density at radius 2 is 1.97 bits per heavy atom. The number of thiophene rings is 1. The summed E-state index contributed by atoms with van der Waals surface area (Å²) in [6.07, 6.45) is 1.62. The van der Waals surface area contributed by atoms with Gasteiger partial charge in [0.05, 0.1) is 11.4 Å². The monoisotopic (exact) mass is 404 g/mol. The van der Waals surface area contributed by atoms with Crippen LogP contribution in [0.3, 0.4) is 0 Å². The number of hydrogen-bond donors (Lipinski definition) is 1. The summed E-state index contributed by atoms with van der Waals surface area (Å²) in [6.45, 7) is 3.07. The SMILES string of the molecule is Cc1cccc(Cn2cnc(NC(=O)c3cc(COc4ccccc4)cs3)n2)c1. The van der Waals surface area contributed by atoms with Gasteiger partial charge in [0.1, 0.15) is 18.7 Å². The number of carbonyl (C=O) groups is 1. The lowest BCUT2D eigenvalue weighted by atomic mass is 10.1. The van der Waals surface area contributed by atoms with Crippen molar-refractivity contribution in [3.8, 4) is 5.75 Å². The first kappa shape index (κ1) is 18.9. The van der Waals surface area contributed by atoms with Crippen LogP contribution >= 0.6 is 11.3 Å². The van der Waals surface area contributed by atoms with Gasteiger partial charge in [0.25, 0.3) is 5.91 Å². The third-order valence-electron chi connectivity index (χ3n) is 4.22. The zero-order valence-corrected chi connectivity index (χ0v) is 16.7. The third-order valence-corrected chi connectivity index (χ3v) is 5.19. The zero-order chi connectivity index (χ0) is 20.1. The first-order valence-corrected chi connectivity index (χ1v) is 10.1. The summed E-state index contributed by atoms with van der Waals surface area (Å²) in [5.74, 6) is 0.862. The molecule has 0 atom stereocenters. The molecule has 29 heavy (non-hydrogen) atoms. The average Bonchev–Trinajstić information content (AvgIpc) is 3.37. The number of amides is 1. The quantitative estimate of drug-likeness (QED) is 0.491. The van der Waals surface area contributed by atoms with Crippen LogP contribution in [0.1, 0.15) is 26.4 Å². The molecule has 4 rings (SSSR count). The van der Waals surface area contributed by atoms with Gasteiger partial charge in [-0.25, -0.2) is 9.67 Å². The molecular weight excluding hydrogens is 384 g/mol. The van der Waals surface area contributed by atoms with Crippen LogP contribution in [0.2, 0.25) is 0 Å². The van der Waals surface area contributed by atoms with E-state index in [9.17, 15) is 4.79 Å². The first-order chi connectivity index (χ1) is 14.2. The minimum absolute atomic E-state index is 0.228. The van der Waals surface area contributed by atoms with Gasteiger partial charge in [0.2, 0.25) is 5.95 Å². The summed E-state index contributed by atoms with van der Waals surface area (Å²) in [7, 11) is 0. The Morgan fingerprint density at radius 3 is 2.79 bits per heavy atom. The summed E-state index contributed by atoms with van der Waals surface area (Å²) in [6, 6.07) is 19.6. The van der Waals surface area contributed by atoms with Crippen LogP contribution in [0, 0.1) is 6.92 Å². The molecule has 0 aliphatic heterocycles. The molecule has 2 heterocycles. The van der Waals surface area contributed by atoms with Crippen molar-refractivity contribution in [3.63, 3.8) is 0 Å². The van der Waals surface area contributed by atoms with E-state index in [1.54, 1.807) is 11.0 Å². The highest BCUT2D eigenvalue weighted by Gasteiger charge is 2.12. The molecule has 6 nitrogen and oxygen atoms in total. The smallest absolute Gasteiger partial charge is 0.268 e. The van der Waals surface area contributed by atoms with Gasteiger partial charge in [0, 0.05) is 5.56 Å². The maximum absolute atomic E-state index is 12.5. The van der Waals surface area contributed by atoms with E-state index < -0.39 is 0 Å². The number of aryl methyl sites for hydroxylation is 1. The van der Waals surface area contributed by atoms with E-state index in [0.29, 0.717) is 18.0 Å². The number of rotatable bonds is 7. The second-order valence-corrected chi connectivity index (χ2v) is 7.54. The molecule has 0 fully saturated rings. The molecule has 7 heteroatoms. The van der Waals surface area contributed by atoms with Crippen molar-refractivity contribution >= 4 is 23.2 Å². The van der Waals surface area contributed by atoms with E-state index in [1.807, 2.05) is 53.9 Å². The summed E-state index contributed by atoms with van der Waals surface area (Å²) in [5.41, 5.74) is 3.27. The molecule has 146 valence electrons. The second-order valence-electron chi connectivity index (χ2n) is 6.63. The van der Waals surface area contributed by atoms with E-state index in [-0.39, 0.29) is 11.9 Å². The second kappa shape index (κ2) is 8.70. The maximum Gasteiger partial charge on any atom is 0.268 e. The molecule has 0 saturated heterocycles. The van der Waals surface area contributed by atoms with Crippen LogP contribution in [-0.4, -0.2) is 20.7 Å². The number of para-hydroxylation sites is 1. The summed E-state index contributed by atoms with van der Waals surface area (Å²) >= 11 is 1.37. The molecule has 0 radical (unpaired) electrons. The molecule has 0 saturated carbocycles. The van der Waals surface area contributed by atoms with Crippen molar-refractivity contribution in [3.05, 3.63) is 93.9 Å². The number of nitrogens with one attached hydrogen (secondary N) is 1. The number of nitrogens with zero attached hydrogens (tertiary/aromatic N) is 3. The Kier molecular flexibility index (Phi) is 5.67. The number of ether oxygens (including phenoxy) is 1. The molecule has 0 spiro atoms. The minimum atomic E-state index is -0.228. The van der Waals surface area contributed by atoms with E-state index in [4.69, 9.17) is 4.74 Å². The van der Waals surface area contributed by atoms with Gasteiger partial charge >= 0.3 is 0 Å². The molecule has 4 aromatic rings. The Bertz CT molecular complexity index is 1100. The van der Waals surface area contributed by atoms with E-state index in [0.717, 1.165) is 16.9 Å². The Balaban J connectivity index is 1.34. The number of anilines is 1. The van der Waals surface area contributed by atoms with E-state index in [2.05, 4.69) is 34.5 Å². The Hall–Kier alpha value is -3.45. The summed E-state index contributed by atoms with van der Waals surface area (Å²) in [4.78, 5) is 17.3. The molecule has 1 amide bonds. The van der Waals surface area contributed by atoms with Crippen LogP contribution in [0.4, 0.5) is 5.95 Å². The minimum Gasteiger partial charge on any atom is -0.489 e. The van der Waals surface area contributed by atoms with Crippen molar-refractivity contribution in [2.24, 2.45) is 0 Å². The van der Waals surface area contributed by atoms with Gasteiger partial charge in [-0.3, -0.25) is 10.1 Å². The van der Waals surface area contributed by atoms with Gasteiger partial charge in [-0.15, -0.1) is 16.4 Å². The zero-order valence-electron chi connectivity index (χ0n) is 15.9. The van der Waals surface area contributed by atoms with Gasteiger partial charge in [-0.2, -0.15) is 0 Å². The molecule has 2 aromatic carbocycles. The standard InChI is InChI=1S/C22H20N4O2S/c1-16-6-5-7-17(10-16)12-26-15-23-22(25-26)24-21(27)20-11-18(14-29-20)13-28-19-8-3-2-4-9-19/h2-11,14-15H,12-13H2,1H3,(H,24,25,27). The molecule has 0 aliphatic rings. The molecule has 0 aliphatic carbocycles. The predicted octanol–water partition coefficient (Wildman–Crippen LogP) is 4.53. The fourth-order valence-corrected chi connectivity index (χ4v) is 3.63. The van der Waals surface area contributed by atoms with Gasteiger partial charge in [0.15, 0.2) is 0 Å². The van der Waals surface area contributed by atoms with Crippen molar-refractivity contribution in [2.45, 2.75) is 20.1 Å². The predicted molar refractivity (Wildman–Crippen MR) is 113 cm³/mol. The first-order valence-electron chi connectivity index (χ1n) is 9.17. The van der Waals surface area contributed by atoms with Crippen molar-refractivity contribution in [1.82, 2.24) is 14.8 Å². The fraction of sp³-hybridized carbons (Fsp3) is 0.136. The van der Waals surface area contributed by atoms with Crippen LogP contribution in [-0.2, 0) is 13.2 Å². The number of benzene rings is 2. The highest BCUT2D eigenvalue weighted by molar-refractivity contribution is 7.12. The topological polar surface area (TPSA) is 69.0 Å². The number of hydrogen-bond acceptors (Lipinski definition) is 5. The summed E-state index contributed by atoms with van der Waals surface area (Å²) in [5, 5.41) is 9.01. The highest BCUT2D eigenvalue weighted by atomic mass is 32.1. The van der Waals surface area contributed by atoms with Gasteiger partial charge in [-0.1, -0.05) is 48.0 Å². The highest BCUT2D eigenvalue weighted by Crippen LogP contribution is 2.18. The lowest BCUT2D eigenvalue weighted by molar-refractivity contribution is 0.102. The van der Waals surface area contributed by atoms with Crippen LogP contribution in [0.25, 0.3) is 0 Å². The lowest BCUT2D eigenvalue weighted by Gasteiger charge is -2.03. The Morgan fingerprint density at radius 1 is 1.10 bits per heavy atom. The fourth-order valence-electron chi connectivity index (χ4n) is 2.84. The number of aromatic nitrogens is 3. The normalized spacial score (nSPS) is 10.7. The molecule has 0 bridgehead atoms. The molecular formula is C22H20N4O2S. The molecule has 0 unspecified atom stereocenters. The van der Waals surface area contributed by atoms with Gasteiger partial charge in [-0.05, 0) is 36.1 Å². The van der Waals surface area contributed by atoms with Gasteiger partial charge < -0.3 is 4.74 Å². The lowest BCUT2D eigenvalue weighted by Crippen LogP contribution is -2.12. The number of carbonyl (C=O) groups excluding carboxylic acids is 1. The van der Waals surface area contributed by atoms with Crippen LogP contribution < -0.4 is 10.1 Å². The molecule has 1 N–H and O–H groups in total. The van der Waals surface area contributed by atoms with E-state index in [1.165, 1.54) is 16.9 Å². The largest absolute Gasteiger partial charge is 0.489 e. The third kappa shape index (κ3) is 5.08. The summed E-state index contributed by atoms with van der Waals surface area (Å²) < 4.78 is 7.42. The average molecular weight is 404 g/mol.